The Labute approximate surface area is 113 Å². The molecule has 1 N–H and O–H groups in total. The quantitative estimate of drug-likeness (QED) is 0.902. The topological polar surface area (TPSA) is 41.9 Å². The van der Waals surface area contributed by atoms with E-state index in [0.717, 1.165) is 31.0 Å². The summed E-state index contributed by atoms with van der Waals surface area (Å²) in [6.45, 7) is 3.63. The van der Waals surface area contributed by atoms with Gasteiger partial charge in [0.05, 0.1) is 0 Å². The zero-order valence-corrected chi connectivity index (χ0v) is 11.2. The molecule has 0 aromatic heterocycles. The lowest BCUT2D eigenvalue weighted by Gasteiger charge is -2.26. The molecule has 1 atom stereocenters. The number of hydrogen-bond donors (Lipinski definition) is 1. The second-order valence-corrected chi connectivity index (χ2v) is 5.17. The average molecular weight is 263 g/mol. The van der Waals surface area contributed by atoms with Gasteiger partial charge in [0.15, 0.2) is 11.5 Å². The number of likely N-dealkylation sites (tertiary alicyclic amines) is 1. The highest BCUT2D eigenvalue weighted by Crippen LogP contribution is 2.37. The maximum absolute atomic E-state index is 8.98. The molecular formula is C15H21NO3. The Kier molecular flexibility index (Phi) is 3.89. The Morgan fingerprint density at radius 1 is 1.21 bits per heavy atom. The number of benzene rings is 1. The Bertz CT molecular complexity index is 435. The minimum atomic E-state index is 0.268. The zero-order valence-electron chi connectivity index (χ0n) is 11.2. The first-order valence-corrected chi connectivity index (χ1v) is 7.13. The predicted octanol–water partition coefficient (Wildman–Crippen LogP) is 1.98. The van der Waals surface area contributed by atoms with Crippen molar-refractivity contribution in [3.63, 3.8) is 0 Å². The van der Waals surface area contributed by atoms with Crippen molar-refractivity contribution in [1.29, 1.82) is 0 Å². The minimum Gasteiger partial charge on any atom is -0.486 e. The van der Waals surface area contributed by atoms with E-state index in [0.29, 0.717) is 19.3 Å². The van der Waals surface area contributed by atoms with Gasteiger partial charge >= 0.3 is 0 Å². The molecule has 0 amide bonds. The van der Waals surface area contributed by atoms with Crippen LogP contribution in [0.3, 0.4) is 0 Å². The molecule has 0 unspecified atom stereocenters. The van der Waals surface area contributed by atoms with Gasteiger partial charge < -0.3 is 14.6 Å². The molecule has 0 radical (unpaired) electrons. The normalized spacial score (nSPS) is 22.7. The second-order valence-electron chi connectivity index (χ2n) is 5.17. The van der Waals surface area contributed by atoms with Crippen LogP contribution in [0.1, 0.15) is 30.9 Å². The molecule has 19 heavy (non-hydrogen) atoms. The third-order valence-electron chi connectivity index (χ3n) is 3.92. The summed E-state index contributed by atoms with van der Waals surface area (Å²) in [5.74, 6) is 1.73. The first-order valence-electron chi connectivity index (χ1n) is 7.13. The summed E-state index contributed by atoms with van der Waals surface area (Å²) in [5.41, 5.74) is 1.31. The molecule has 1 fully saturated rings. The van der Waals surface area contributed by atoms with Crippen molar-refractivity contribution in [3.05, 3.63) is 23.8 Å². The van der Waals surface area contributed by atoms with E-state index >= 15 is 0 Å². The van der Waals surface area contributed by atoms with Crippen molar-refractivity contribution in [1.82, 2.24) is 4.90 Å². The maximum atomic E-state index is 8.98. The van der Waals surface area contributed by atoms with Crippen LogP contribution in [0.4, 0.5) is 0 Å². The van der Waals surface area contributed by atoms with Crippen molar-refractivity contribution in [2.75, 3.05) is 32.9 Å². The van der Waals surface area contributed by atoms with Crippen molar-refractivity contribution >= 4 is 0 Å². The number of nitrogens with zero attached hydrogens (tertiary/aromatic N) is 1. The van der Waals surface area contributed by atoms with Crippen LogP contribution in [-0.2, 0) is 0 Å². The van der Waals surface area contributed by atoms with Gasteiger partial charge in [0.1, 0.15) is 13.2 Å². The molecule has 0 saturated carbocycles. The fourth-order valence-electron chi connectivity index (χ4n) is 3.01. The first-order chi connectivity index (χ1) is 9.38. The van der Waals surface area contributed by atoms with Crippen LogP contribution in [0.15, 0.2) is 18.2 Å². The van der Waals surface area contributed by atoms with Gasteiger partial charge in [-0.1, -0.05) is 6.07 Å². The number of ether oxygens (including phenoxy) is 2. The summed E-state index contributed by atoms with van der Waals surface area (Å²) in [6.07, 6.45) is 3.26. The minimum absolute atomic E-state index is 0.268. The van der Waals surface area contributed by atoms with Gasteiger partial charge in [0.2, 0.25) is 0 Å². The number of aliphatic hydroxyl groups excluding tert-OH is 1. The van der Waals surface area contributed by atoms with Gasteiger partial charge in [-0.15, -0.1) is 0 Å². The van der Waals surface area contributed by atoms with Crippen molar-refractivity contribution in [2.45, 2.75) is 25.3 Å². The van der Waals surface area contributed by atoms with Crippen LogP contribution >= 0.6 is 0 Å². The molecule has 2 aliphatic rings. The van der Waals surface area contributed by atoms with Crippen LogP contribution in [0.2, 0.25) is 0 Å². The lowest BCUT2D eigenvalue weighted by molar-refractivity contribution is 0.170. The molecule has 4 nitrogen and oxygen atoms in total. The van der Waals surface area contributed by atoms with E-state index in [1.165, 1.54) is 18.4 Å². The van der Waals surface area contributed by atoms with Crippen molar-refractivity contribution in [2.24, 2.45) is 0 Å². The number of hydrogen-bond acceptors (Lipinski definition) is 4. The Morgan fingerprint density at radius 3 is 2.89 bits per heavy atom. The molecule has 104 valence electrons. The average Bonchev–Trinajstić information content (AvgIpc) is 2.93. The summed E-state index contributed by atoms with van der Waals surface area (Å²) in [6, 6.07) is 6.75. The van der Waals surface area contributed by atoms with Crippen LogP contribution in [-0.4, -0.2) is 42.9 Å². The monoisotopic (exact) mass is 263 g/mol. The lowest BCUT2D eigenvalue weighted by Crippen LogP contribution is -2.25. The highest BCUT2D eigenvalue weighted by atomic mass is 16.6. The second kappa shape index (κ2) is 5.80. The van der Waals surface area contributed by atoms with E-state index in [2.05, 4.69) is 17.0 Å². The fourth-order valence-corrected chi connectivity index (χ4v) is 3.01. The third-order valence-corrected chi connectivity index (χ3v) is 3.92. The van der Waals surface area contributed by atoms with Crippen LogP contribution in [0.25, 0.3) is 0 Å². The van der Waals surface area contributed by atoms with Gasteiger partial charge in [0.25, 0.3) is 0 Å². The highest BCUT2D eigenvalue weighted by Gasteiger charge is 2.26. The van der Waals surface area contributed by atoms with E-state index in [9.17, 15) is 0 Å². The summed E-state index contributed by atoms with van der Waals surface area (Å²) < 4.78 is 11.2. The van der Waals surface area contributed by atoms with Gasteiger partial charge in [-0.3, -0.25) is 4.90 Å². The molecule has 1 aromatic rings. The van der Waals surface area contributed by atoms with E-state index in [-0.39, 0.29) is 6.61 Å². The number of rotatable bonds is 4. The first kappa shape index (κ1) is 12.8. The van der Waals surface area contributed by atoms with E-state index < -0.39 is 0 Å². The number of aliphatic hydroxyl groups is 1. The van der Waals surface area contributed by atoms with Gasteiger partial charge in [-0.25, -0.2) is 0 Å². The Balaban J connectivity index is 1.77. The third kappa shape index (κ3) is 2.69. The lowest BCUT2D eigenvalue weighted by atomic mass is 10.0. The molecule has 1 saturated heterocycles. The number of fused-ring (bicyclic) bond motifs is 1. The van der Waals surface area contributed by atoms with Crippen LogP contribution < -0.4 is 9.47 Å². The van der Waals surface area contributed by atoms with Gasteiger partial charge in [-0.2, -0.15) is 0 Å². The van der Waals surface area contributed by atoms with Crippen molar-refractivity contribution in [3.8, 4) is 11.5 Å². The maximum Gasteiger partial charge on any atom is 0.161 e. The van der Waals surface area contributed by atoms with E-state index in [1.54, 1.807) is 0 Å². The predicted molar refractivity (Wildman–Crippen MR) is 72.7 cm³/mol. The Hall–Kier alpha value is -1.26. The zero-order chi connectivity index (χ0) is 13.1. The standard InChI is InChI=1S/C15H21NO3/c17-8-2-7-16-6-1-3-13(16)12-4-5-14-15(11-12)19-10-9-18-14/h4-5,11,13,17H,1-3,6-10H2/t13-/m1/s1. The fraction of sp³-hybridized carbons (Fsp3) is 0.600. The molecule has 2 heterocycles. The molecule has 3 rings (SSSR count). The summed E-state index contributed by atoms with van der Waals surface area (Å²) in [5, 5.41) is 8.98. The molecule has 0 aliphatic carbocycles. The van der Waals surface area contributed by atoms with Crippen LogP contribution in [0.5, 0.6) is 11.5 Å². The van der Waals surface area contributed by atoms with E-state index in [1.807, 2.05) is 6.07 Å². The van der Waals surface area contributed by atoms with Crippen LogP contribution in [0, 0.1) is 0 Å². The van der Waals surface area contributed by atoms with Crippen molar-refractivity contribution < 1.29 is 14.6 Å². The summed E-state index contributed by atoms with van der Waals surface area (Å²) in [4.78, 5) is 2.46. The van der Waals surface area contributed by atoms with E-state index in [4.69, 9.17) is 14.6 Å². The summed E-state index contributed by atoms with van der Waals surface area (Å²) in [7, 11) is 0. The molecule has 1 aromatic carbocycles. The molecule has 0 spiro atoms. The smallest absolute Gasteiger partial charge is 0.161 e. The molecule has 2 aliphatic heterocycles. The SMILES string of the molecule is OCCCN1CCC[C@@H]1c1ccc2c(c1)OCCO2. The summed E-state index contributed by atoms with van der Waals surface area (Å²) >= 11 is 0. The molecule has 4 heteroatoms. The van der Waals surface area contributed by atoms with Gasteiger partial charge in [-0.05, 0) is 43.5 Å². The highest BCUT2D eigenvalue weighted by molar-refractivity contribution is 5.44. The molecular weight excluding hydrogens is 242 g/mol. The Morgan fingerprint density at radius 2 is 2.05 bits per heavy atom. The molecule has 0 bridgehead atoms. The van der Waals surface area contributed by atoms with Gasteiger partial charge in [0, 0.05) is 19.2 Å². The largest absolute Gasteiger partial charge is 0.486 e.